The quantitative estimate of drug-likeness (QED) is 0.296. The van der Waals surface area contributed by atoms with Crippen LogP contribution in [0.4, 0.5) is 13.2 Å². The third kappa shape index (κ3) is 9.98. The van der Waals surface area contributed by atoms with Crippen LogP contribution in [0.3, 0.4) is 0 Å². The smallest absolute Gasteiger partial charge is 0.378 e. The van der Waals surface area contributed by atoms with E-state index in [1.54, 1.807) is 0 Å². The van der Waals surface area contributed by atoms with Gasteiger partial charge >= 0.3 is 6.18 Å². The van der Waals surface area contributed by atoms with E-state index in [1.807, 2.05) is 0 Å². The maximum atomic E-state index is 12.4. The normalized spacial score (nSPS) is 29.1. The van der Waals surface area contributed by atoms with E-state index in [2.05, 4.69) is 6.92 Å². The monoisotopic (exact) mass is 404 g/mol. The van der Waals surface area contributed by atoms with Gasteiger partial charge in [-0.1, -0.05) is 58.3 Å². The van der Waals surface area contributed by atoms with Crippen LogP contribution in [0.25, 0.3) is 0 Å². The first-order valence-electron chi connectivity index (χ1n) is 12.2. The van der Waals surface area contributed by atoms with Crippen molar-refractivity contribution in [3.63, 3.8) is 0 Å². The van der Waals surface area contributed by atoms with Crippen LogP contribution < -0.4 is 0 Å². The Kier molecular flexibility index (Phi) is 11.3. The highest BCUT2D eigenvalue weighted by atomic mass is 19.4. The molecular formula is C24H43F3O. The minimum absolute atomic E-state index is 0.305. The molecule has 0 heterocycles. The lowest BCUT2D eigenvalue weighted by Gasteiger charge is -2.38. The molecule has 0 aliphatic heterocycles. The van der Waals surface area contributed by atoms with E-state index in [-0.39, 0.29) is 0 Å². The third-order valence-electron chi connectivity index (χ3n) is 7.21. The predicted molar refractivity (Wildman–Crippen MR) is 110 cm³/mol. The van der Waals surface area contributed by atoms with Crippen LogP contribution in [0.2, 0.25) is 0 Å². The first kappa shape index (κ1) is 24.0. The Morgan fingerprint density at radius 1 is 0.714 bits per heavy atom. The summed E-state index contributed by atoms with van der Waals surface area (Å²) in [6.07, 6.45) is 14.7. The molecule has 2 rings (SSSR count). The summed E-state index contributed by atoms with van der Waals surface area (Å²) in [5.41, 5.74) is 0. The zero-order valence-electron chi connectivity index (χ0n) is 18.1. The highest BCUT2D eigenvalue weighted by Crippen LogP contribution is 2.42. The van der Waals surface area contributed by atoms with E-state index in [4.69, 9.17) is 4.74 Å². The van der Waals surface area contributed by atoms with Gasteiger partial charge in [-0.25, -0.2) is 0 Å². The second-order valence-corrected chi connectivity index (χ2v) is 9.46. The van der Waals surface area contributed by atoms with Crippen molar-refractivity contribution >= 4 is 0 Å². The molecule has 166 valence electrons. The average Bonchev–Trinajstić information content (AvgIpc) is 2.69. The highest BCUT2D eigenvalue weighted by Gasteiger charge is 2.33. The van der Waals surface area contributed by atoms with Crippen LogP contribution in [0, 0.1) is 17.8 Å². The van der Waals surface area contributed by atoms with Gasteiger partial charge < -0.3 is 4.74 Å². The van der Waals surface area contributed by atoms with Crippen molar-refractivity contribution < 1.29 is 17.9 Å². The summed E-state index contributed by atoms with van der Waals surface area (Å²) in [7, 11) is 0. The van der Waals surface area contributed by atoms with Gasteiger partial charge in [0, 0.05) is 13.0 Å². The van der Waals surface area contributed by atoms with Crippen molar-refractivity contribution in [2.75, 3.05) is 6.61 Å². The summed E-state index contributed by atoms with van der Waals surface area (Å²) in [6.45, 7) is 3.18. The molecule has 0 aromatic heterocycles. The fourth-order valence-corrected chi connectivity index (χ4v) is 5.35. The molecule has 0 aromatic rings. The number of hydrogen-bond acceptors (Lipinski definition) is 1. The Hall–Kier alpha value is -0.250. The van der Waals surface area contributed by atoms with Crippen molar-refractivity contribution in [2.45, 2.75) is 128 Å². The van der Waals surface area contributed by atoms with Crippen LogP contribution in [-0.2, 0) is 4.74 Å². The minimum Gasteiger partial charge on any atom is -0.378 e. The molecule has 0 atom stereocenters. The molecule has 0 unspecified atom stereocenters. The molecular weight excluding hydrogens is 361 g/mol. The first-order valence-corrected chi connectivity index (χ1v) is 12.2. The molecule has 0 saturated heterocycles. The molecule has 0 bridgehead atoms. The van der Waals surface area contributed by atoms with Crippen LogP contribution in [-0.4, -0.2) is 18.9 Å². The lowest BCUT2D eigenvalue weighted by Crippen LogP contribution is -2.29. The number of unbranched alkanes of at least 4 members (excludes halogenated alkanes) is 6. The van der Waals surface area contributed by atoms with Gasteiger partial charge in [-0.05, 0) is 69.1 Å². The van der Waals surface area contributed by atoms with E-state index in [0.717, 1.165) is 44.1 Å². The Labute approximate surface area is 171 Å². The average molecular weight is 405 g/mol. The number of hydrogen-bond donors (Lipinski definition) is 0. The molecule has 1 nitrogen and oxygen atoms in total. The third-order valence-corrected chi connectivity index (χ3v) is 7.21. The van der Waals surface area contributed by atoms with E-state index < -0.39 is 12.6 Å². The van der Waals surface area contributed by atoms with Gasteiger partial charge in [0.05, 0.1) is 6.10 Å². The summed E-state index contributed by atoms with van der Waals surface area (Å²) >= 11 is 0. The minimum atomic E-state index is -3.98. The van der Waals surface area contributed by atoms with Gasteiger partial charge in [0.25, 0.3) is 0 Å². The van der Waals surface area contributed by atoms with Crippen molar-refractivity contribution in [3.05, 3.63) is 0 Å². The van der Waals surface area contributed by atoms with Crippen LogP contribution in [0.15, 0.2) is 0 Å². The Balaban J connectivity index is 1.49. The van der Waals surface area contributed by atoms with Gasteiger partial charge in [-0.2, -0.15) is 13.2 Å². The standard InChI is InChI=1S/C24H43F3O/c1-2-3-4-5-6-7-8-19-28-23-15-13-22(14-16-23)21-11-9-20(10-12-21)17-18-24(25,26)27/h20-23H,2-19H2,1H3. The lowest BCUT2D eigenvalue weighted by molar-refractivity contribution is -0.138. The molecule has 0 radical (unpaired) electrons. The zero-order valence-corrected chi connectivity index (χ0v) is 18.1. The predicted octanol–water partition coefficient (Wildman–Crippen LogP) is 8.46. The SMILES string of the molecule is CCCCCCCCCOC1CCC(C2CCC(CCC(F)(F)F)CC2)CC1. The number of alkyl halides is 3. The molecule has 0 amide bonds. The largest absolute Gasteiger partial charge is 0.389 e. The van der Waals surface area contributed by atoms with Gasteiger partial charge in [0.15, 0.2) is 0 Å². The molecule has 2 aliphatic carbocycles. The summed E-state index contributed by atoms with van der Waals surface area (Å²) in [6, 6.07) is 0. The molecule has 0 N–H and O–H groups in total. The molecule has 0 aromatic carbocycles. The topological polar surface area (TPSA) is 9.23 Å². The van der Waals surface area contributed by atoms with Gasteiger partial charge in [0.2, 0.25) is 0 Å². The second kappa shape index (κ2) is 13.1. The molecule has 2 saturated carbocycles. The van der Waals surface area contributed by atoms with E-state index in [0.29, 0.717) is 18.4 Å². The van der Waals surface area contributed by atoms with Crippen LogP contribution >= 0.6 is 0 Å². The molecule has 0 spiro atoms. The maximum Gasteiger partial charge on any atom is 0.389 e. The number of ether oxygens (including phenoxy) is 1. The Bertz CT molecular complexity index is 380. The van der Waals surface area contributed by atoms with Crippen molar-refractivity contribution in [2.24, 2.45) is 17.8 Å². The van der Waals surface area contributed by atoms with Crippen molar-refractivity contribution in [1.82, 2.24) is 0 Å². The first-order chi connectivity index (χ1) is 13.5. The van der Waals surface area contributed by atoms with Crippen LogP contribution in [0.5, 0.6) is 0 Å². The van der Waals surface area contributed by atoms with Gasteiger partial charge in [0.1, 0.15) is 0 Å². The summed E-state index contributed by atoms with van der Waals surface area (Å²) in [5.74, 6) is 1.85. The summed E-state index contributed by atoms with van der Waals surface area (Å²) < 4.78 is 43.3. The molecule has 2 aliphatic rings. The molecule has 2 fully saturated rings. The number of halogens is 3. The fraction of sp³-hybridized carbons (Fsp3) is 1.00. The van der Waals surface area contributed by atoms with E-state index >= 15 is 0 Å². The second-order valence-electron chi connectivity index (χ2n) is 9.46. The Morgan fingerprint density at radius 3 is 1.82 bits per heavy atom. The Morgan fingerprint density at radius 2 is 1.25 bits per heavy atom. The van der Waals surface area contributed by atoms with Crippen molar-refractivity contribution in [3.8, 4) is 0 Å². The maximum absolute atomic E-state index is 12.4. The molecule has 4 heteroatoms. The number of rotatable bonds is 12. The van der Waals surface area contributed by atoms with E-state index in [9.17, 15) is 13.2 Å². The van der Waals surface area contributed by atoms with Crippen LogP contribution in [0.1, 0.15) is 116 Å². The summed E-state index contributed by atoms with van der Waals surface area (Å²) in [4.78, 5) is 0. The van der Waals surface area contributed by atoms with Crippen molar-refractivity contribution in [1.29, 1.82) is 0 Å². The fourth-order valence-electron chi connectivity index (χ4n) is 5.35. The molecule has 28 heavy (non-hydrogen) atoms. The lowest BCUT2D eigenvalue weighted by atomic mass is 9.70. The summed E-state index contributed by atoms with van der Waals surface area (Å²) in [5, 5.41) is 0. The van der Waals surface area contributed by atoms with E-state index in [1.165, 1.54) is 70.6 Å². The highest BCUT2D eigenvalue weighted by molar-refractivity contribution is 4.82. The zero-order chi connectivity index (χ0) is 20.2. The van der Waals surface area contributed by atoms with Gasteiger partial charge in [-0.3, -0.25) is 0 Å². The van der Waals surface area contributed by atoms with Gasteiger partial charge in [-0.15, -0.1) is 0 Å².